The molecule has 2 aromatic heterocycles. The van der Waals surface area contributed by atoms with Crippen molar-refractivity contribution in [1.29, 1.82) is 0 Å². The number of halogens is 1. The third kappa shape index (κ3) is 3.80. The molecule has 8 heteroatoms. The topological polar surface area (TPSA) is 84.7 Å². The quantitative estimate of drug-likeness (QED) is 0.687. The van der Waals surface area contributed by atoms with Crippen molar-refractivity contribution >= 4 is 17.1 Å². The molecule has 3 heterocycles. The van der Waals surface area contributed by atoms with Crippen LogP contribution in [0.25, 0.3) is 11.2 Å². The van der Waals surface area contributed by atoms with Crippen molar-refractivity contribution in [2.45, 2.75) is 25.3 Å². The molecule has 1 aromatic carbocycles. The first-order valence-corrected chi connectivity index (χ1v) is 9.10. The summed E-state index contributed by atoms with van der Waals surface area (Å²) in [5.74, 6) is -0.250. The standard InChI is InChI=1S/C19H21FN6O/c20-15-4-2-1-3-13(15)11-16(27)22-9-10-26-19-18(23-7-8-24-19)17(25-26)14-5-6-21-12-14/h1-4,7-8,14,21H,5-6,9-12H2,(H,22,27)/t14-/m1/s1. The van der Waals surface area contributed by atoms with E-state index in [-0.39, 0.29) is 18.1 Å². The summed E-state index contributed by atoms with van der Waals surface area (Å²) in [5, 5.41) is 10.9. The zero-order chi connectivity index (χ0) is 18.6. The highest BCUT2D eigenvalue weighted by atomic mass is 19.1. The van der Waals surface area contributed by atoms with Gasteiger partial charge < -0.3 is 10.6 Å². The van der Waals surface area contributed by atoms with E-state index in [9.17, 15) is 9.18 Å². The van der Waals surface area contributed by atoms with Gasteiger partial charge in [-0.05, 0) is 24.6 Å². The Hall–Kier alpha value is -2.87. The fourth-order valence-corrected chi connectivity index (χ4v) is 3.42. The third-order valence-corrected chi connectivity index (χ3v) is 4.80. The summed E-state index contributed by atoms with van der Waals surface area (Å²) in [7, 11) is 0. The second-order valence-electron chi connectivity index (χ2n) is 6.64. The molecular weight excluding hydrogens is 347 g/mol. The number of aromatic nitrogens is 4. The molecule has 1 saturated heterocycles. The summed E-state index contributed by atoms with van der Waals surface area (Å²) in [6.07, 6.45) is 4.37. The predicted molar refractivity (Wildman–Crippen MR) is 98.7 cm³/mol. The Morgan fingerprint density at radius 2 is 2.15 bits per heavy atom. The highest BCUT2D eigenvalue weighted by Crippen LogP contribution is 2.26. The van der Waals surface area contributed by atoms with Crippen molar-refractivity contribution in [3.8, 4) is 0 Å². The van der Waals surface area contributed by atoms with E-state index in [4.69, 9.17) is 5.10 Å². The number of nitrogens with one attached hydrogen (secondary N) is 2. The number of nitrogens with zero attached hydrogens (tertiary/aromatic N) is 4. The zero-order valence-electron chi connectivity index (χ0n) is 14.9. The normalized spacial score (nSPS) is 16.7. The van der Waals surface area contributed by atoms with Crippen LogP contribution in [0, 0.1) is 5.82 Å². The van der Waals surface area contributed by atoms with Crippen LogP contribution in [0.3, 0.4) is 0 Å². The first kappa shape index (κ1) is 17.5. The van der Waals surface area contributed by atoms with Gasteiger partial charge in [0.2, 0.25) is 5.91 Å². The Kier molecular flexibility index (Phi) is 5.06. The lowest BCUT2D eigenvalue weighted by molar-refractivity contribution is -0.120. The van der Waals surface area contributed by atoms with Crippen LogP contribution in [0.1, 0.15) is 23.6 Å². The van der Waals surface area contributed by atoms with Gasteiger partial charge in [0.15, 0.2) is 5.65 Å². The third-order valence-electron chi connectivity index (χ3n) is 4.80. The first-order chi connectivity index (χ1) is 13.2. The van der Waals surface area contributed by atoms with E-state index in [1.807, 2.05) is 0 Å². The van der Waals surface area contributed by atoms with Gasteiger partial charge in [-0.1, -0.05) is 18.2 Å². The molecule has 140 valence electrons. The molecule has 1 atom stereocenters. The number of hydrogen-bond donors (Lipinski definition) is 2. The van der Waals surface area contributed by atoms with E-state index in [0.717, 1.165) is 36.4 Å². The maximum Gasteiger partial charge on any atom is 0.224 e. The van der Waals surface area contributed by atoms with Gasteiger partial charge in [0, 0.05) is 31.4 Å². The number of hydrogen-bond acceptors (Lipinski definition) is 5. The summed E-state index contributed by atoms with van der Waals surface area (Å²) < 4.78 is 15.4. The van der Waals surface area contributed by atoms with Crippen molar-refractivity contribution < 1.29 is 9.18 Å². The predicted octanol–water partition coefficient (Wildman–Crippen LogP) is 1.40. The second kappa shape index (κ2) is 7.79. The number of carbonyl (C=O) groups excluding carboxylic acids is 1. The Morgan fingerprint density at radius 1 is 1.30 bits per heavy atom. The van der Waals surface area contributed by atoms with E-state index < -0.39 is 0 Å². The van der Waals surface area contributed by atoms with Gasteiger partial charge in [-0.25, -0.2) is 19.0 Å². The van der Waals surface area contributed by atoms with E-state index >= 15 is 0 Å². The molecule has 2 N–H and O–H groups in total. The van der Waals surface area contributed by atoms with Gasteiger partial charge in [-0.15, -0.1) is 0 Å². The minimum Gasteiger partial charge on any atom is -0.354 e. The lowest BCUT2D eigenvalue weighted by Gasteiger charge is -2.07. The minimum absolute atomic E-state index is 0.0192. The Bertz CT molecular complexity index is 950. The Balaban J connectivity index is 1.42. The monoisotopic (exact) mass is 368 g/mol. The van der Waals surface area contributed by atoms with Gasteiger partial charge in [0.25, 0.3) is 0 Å². The first-order valence-electron chi connectivity index (χ1n) is 9.10. The summed E-state index contributed by atoms with van der Waals surface area (Å²) in [6.45, 7) is 2.74. The maximum atomic E-state index is 13.6. The Labute approximate surface area is 156 Å². The Morgan fingerprint density at radius 3 is 2.96 bits per heavy atom. The van der Waals surface area contributed by atoms with Crippen LogP contribution in [0.15, 0.2) is 36.7 Å². The highest BCUT2D eigenvalue weighted by molar-refractivity contribution is 5.78. The zero-order valence-corrected chi connectivity index (χ0v) is 14.9. The summed E-state index contributed by atoms with van der Waals surface area (Å²) >= 11 is 0. The molecule has 3 aromatic rings. The van der Waals surface area contributed by atoms with Crippen molar-refractivity contribution in [3.05, 3.63) is 53.7 Å². The van der Waals surface area contributed by atoms with E-state index in [2.05, 4.69) is 20.6 Å². The molecule has 27 heavy (non-hydrogen) atoms. The average Bonchev–Trinajstić information content (AvgIpc) is 3.32. The summed E-state index contributed by atoms with van der Waals surface area (Å²) in [6, 6.07) is 6.31. The molecule has 1 fully saturated rings. The molecule has 1 aliphatic rings. The average molecular weight is 368 g/mol. The minimum atomic E-state index is -0.365. The molecule has 0 bridgehead atoms. The highest BCUT2D eigenvalue weighted by Gasteiger charge is 2.24. The smallest absolute Gasteiger partial charge is 0.224 e. The van der Waals surface area contributed by atoms with Crippen LogP contribution in [0.4, 0.5) is 4.39 Å². The van der Waals surface area contributed by atoms with Crippen LogP contribution in [-0.4, -0.2) is 45.3 Å². The van der Waals surface area contributed by atoms with Crippen molar-refractivity contribution in [3.63, 3.8) is 0 Å². The van der Waals surface area contributed by atoms with Crippen LogP contribution in [0.2, 0.25) is 0 Å². The number of fused-ring (bicyclic) bond motifs is 1. The van der Waals surface area contributed by atoms with Gasteiger partial charge in [0.05, 0.1) is 18.7 Å². The lowest BCUT2D eigenvalue weighted by atomic mass is 10.0. The van der Waals surface area contributed by atoms with Crippen molar-refractivity contribution in [1.82, 2.24) is 30.4 Å². The molecule has 0 radical (unpaired) electrons. The molecule has 0 aliphatic carbocycles. The van der Waals surface area contributed by atoms with Crippen molar-refractivity contribution in [2.24, 2.45) is 0 Å². The molecule has 1 aliphatic heterocycles. The SMILES string of the molecule is O=C(Cc1ccccc1F)NCCn1nc([C@@H]2CCNC2)c2nccnc21. The lowest BCUT2D eigenvalue weighted by Crippen LogP contribution is -2.29. The van der Waals surface area contributed by atoms with Crippen molar-refractivity contribution in [2.75, 3.05) is 19.6 Å². The fourth-order valence-electron chi connectivity index (χ4n) is 3.42. The van der Waals surface area contributed by atoms with Gasteiger partial charge in [-0.3, -0.25) is 4.79 Å². The molecule has 1 amide bonds. The van der Waals surface area contributed by atoms with Gasteiger partial charge in [0.1, 0.15) is 11.3 Å². The van der Waals surface area contributed by atoms with Crippen LogP contribution in [0.5, 0.6) is 0 Å². The fraction of sp³-hybridized carbons (Fsp3) is 0.368. The molecule has 0 saturated carbocycles. The molecular formula is C19H21FN6O. The van der Waals surface area contributed by atoms with Crippen LogP contribution in [-0.2, 0) is 17.8 Å². The van der Waals surface area contributed by atoms with Gasteiger partial charge in [-0.2, -0.15) is 5.10 Å². The van der Waals surface area contributed by atoms with E-state index in [0.29, 0.717) is 24.6 Å². The largest absolute Gasteiger partial charge is 0.354 e. The number of rotatable bonds is 6. The van der Waals surface area contributed by atoms with Gasteiger partial charge >= 0.3 is 0 Å². The molecule has 0 unspecified atom stereocenters. The molecule has 7 nitrogen and oxygen atoms in total. The van der Waals surface area contributed by atoms with E-state index in [1.54, 1.807) is 35.3 Å². The maximum absolute atomic E-state index is 13.6. The number of carbonyl (C=O) groups is 1. The number of benzene rings is 1. The second-order valence-corrected chi connectivity index (χ2v) is 6.64. The number of amides is 1. The van der Waals surface area contributed by atoms with E-state index in [1.165, 1.54) is 6.07 Å². The summed E-state index contributed by atoms with van der Waals surface area (Å²) in [5.41, 5.74) is 2.90. The van der Waals surface area contributed by atoms with Crippen LogP contribution < -0.4 is 10.6 Å². The summed E-state index contributed by atoms with van der Waals surface area (Å²) in [4.78, 5) is 20.9. The molecule has 4 rings (SSSR count). The van der Waals surface area contributed by atoms with Crippen LogP contribution >= 0.6 is 0 Å². The molecule has 0 spiro atoms.